The molecule has 1 aromatic carbocycles. The van der Waals surface area contributed by atoms with Gasteiger partial charge in [0, 0.05) is 13.6 Å². The lowest BCUT2D eigenvalue weighted by molar-refractivity contribution is -0.139. The average molecular weight is 274 g/mol. The summed E-state index contributed by atoms with van der Waals surface area (Å²) in [7, 11) is 1.68. The minimum absolute atomic E-state index is 0.135. The lowest BCUT2D eigenvalue weighted by atomic mass is 9.74. The molecule has 20 heavy (non-hydrogen) atoms. The van der Waals surface area contributed by atoms with E-state index in [1.54, 1.807) is 24.1 Å². The number of rotatable bonds is 3. The molecule has 0 aliphatic heterocycles. The van der Waals surface area contributed by atoms with Crippen LogP contribution in [0, 0.1) is 22.6 Å². The molecule has 3 nitrogen and oxygen atoms in total. The van der Waals surface area contributed by atoms with E-state index in [0.717, 1.165) is 24.8 Å². The SMILES string of the molecule is CN(Cc1cccc(F)c1)C(=O)C1(C#N)CCCCC1. The summed E-state index contributed by atoms with van der Waals surface area (Å²) in [5, 5.41) is 9.41. The van der Waals surface area contributed by atoms with E-state index in [1.165, 1.54) is 12.1 Å². The second kappa shape index (κ2) is 6.04. The van der Waals surface area contributed by atoms with Crippen LogP contribution in [0.2, 0.25) is 0 Å². The van der Waals surface area contributed by atoms with Crippen LogP contribution < -0.4 is 0 Å². The average Bonchev–Trinajstić information content (AvgIpc) is 2.47. The number of halogens is 1. The maximum atomic E-state index is 13.2. The molecule has 0 bridgehead atoms. The minimum Gasteiger partial charge on any atom is -0.340 e. The third kappa shape index (κ3) is 2.98. The quantitative estimate of drug-likeness (QED) is 0.849. The van der Waals surface area contributed by atoms with Crippen molar-refractivity contribution in [3.63, 3.8) is 0 Å². The van der Waals surface area contributed by atoms with Gasteiger partial charge in [-0.15, -0.1) is 0 Å². The fourth-order valence-electron chi connectivity index (χ4n) is 2.88. The molecule has 1 aliphatic rings. The first-order valence-corrected chi connectivity index (χ1v) is 6.99. The van der Waals surface area contributed by atoms with Crippen LogP contribution in [0.25, 0.3) is 0 Å². The highest BCUT2D eigenvalue weighted by Gasteiger charge is 2.41. The highest BCUT2D eigenvalue weighted by atomic mass is 19.1. The molecule has 106 valence electrons. The predicted octanol–water partition coefficient (Wildman–Crippen LogP) is 3.26. The zero-order valence-corrected chi connectivity index (χ0v) is 11.7. The van der Waals surface area contributed by atoms with Crippen LogP contribution in [-0.2, 0) is 11.3 Å². The Labute approximate surface area is 119 Å². The van der Waals surface area contributed by atoms with E-state index >= 15 is 0 Å². The normalized spacial score (nSPS) is 17.2. The summed E-state index contributed by atoms with van der Waals surface area (Å²) in [6.07, 6.45) is 4.20. The fourth-order valence-corrected chi connectivity index (χ4v) is 2.88. The van der Waals surface area contributed by atoms with Crippen LogP contribution in [0.1, 0.15) is 37.7 Å². The van der Waals surface area contributed by atoms with Gasteiger partial charge in [0.25, 0.3) is 0 Å². The van der Waals surface area contributed by atoms with Crippen molar-refractivity contribution in [3.05, 3.63) is 35.6 Å². The second-order valence-corrected chi connectivity index (χ2v) is 5.55. The van der Waals surface area contributed by atoms with Gasteiger partial charge < -0.3 is 4.90 Å². The van der Waals surface area contributed by atoms with Gasteiger partial charge in [-0.3, -0.25) is 4.79 Å². The van der Waals surface area contributed by atoms with Gasteiger partial charge in [-0.25, -0.2) is 4.39 Å². The van der Waals surface area contributed by atoms with Crippen molar-refractivity contribution in [1.29, 1.82) is 5.26 Å². The molecule has 1 saturated carbocycles. The predicted molar refractivity (Wildman–Crippen MR) is 74.0 cm³/mol. The smallest absolute Gasteiger partial charge is 0.243 e. The molecule has 4 heteroatoms. The first-order chi connectivity index (χ1) is 9.57. The highest BCUT2D eigenvalue weighted by Crippen LogP contribution is 2.37. The van der Waals surface area contributed by atoms with E-state index in [0.29, 0.717) is 19.4 Å². The lowest BCUT2D eigenvalue weighted by Gasteiger charge is -2.33. The highest BCUT2D eigenvalue weighted by molar-refractivity contribution is 5.85. The molecule has 0 atom stereocenters. The van der Waals surface area contributed by atoms with Crippen molar-refractivity contribution in [2.45, 2.75) is 38.6 Å². The van der Waals surface area contributed by atoms with Crippen LogP contribution in [-0.4, -0.2) is 17.9 Å². The van der Waals surface area contributed by atoms with E-state index in [9.17, 15) is 14.4 Å². The van der Waals surface area contributed by atoms with Gasteiger partial charge in [0.05, 0.1) is 6.07 Å². The number of amides is 1. The number of carbonyl (C=O) groups excluding carboxylic acids is 1. The van der Waals surface area contributed by atoms with Gasteiger partial charge in [0.15, 0.2) is 0 Å². The van der Waals surface area contributed by atoms with E-state index in [-0.39, 0.29) is 11.7 Å². The number of nitrogens with zero attached hydrogens (tertiary/aromatic N) is 2. The van der Waals surface area contributed by atoms with Gasteiger partial charge in [0.2, 0.25) is 5.91 Å². The monoisotopic (exact) mass is 274 g/mol. The van der Waals surface area contributed by atoms with E-state index in [4.69, 9.17) is 0 Å². The Morgan fingerprint density at radius 1 is 1.40 bits per heavy atom. The van der Waals surface area contributed by atoms with Crippen molar-refractivity contribution >= 4 is 5.91 Å². The van der Waals surface area contributed by atoms with Crippen LogP contribution >= 0.6 is 0 Å². The van der Waals surface area contributed by atoms with Crippen molar-refractivity contribution in [2.24, 2.45) is 5.41 Å². The van der Waals surface area contributed by atoms with Crippen LogP contribution in [0.4, 0.5) is 4.39 Å². The number of carbonyl (C=O) groups is 1. The zero-order chi connectivity index (χ0) is 14.6. The number of nitriles is 1. The number of hydrogen-bond donors (Lipinski definition) is 0. The Morgan fingerprint density at radius 3 is 2.70 bits per heavy atom. The summed E-state index contributed by atoms with van der Waals surface area (Å²) < 4.78 is 13.2. The molecule has 1 aliphatic carbocycles. The third-order valence-electron chi connectivity index (χ3n) is 3.99. The van der Waals surface area contributed by atoms with E-state index in [2.05, 4.69) is 6.07 Å². The molecule has 0 aromatic heterocycles. The van der Waals surface area contributed by atoms with Gasteiger partial charge in [-0.1, -0.05) is 31.4 Å². The van der Waals surface area contributed by atoms with Crippen molar-refractivity contribution in [1.82, 2.24) is 4.90 Å². The number of hydrogen-bond acceptors (Lipinski definition) is 2. The Balaban J connectivity index is 2.10. The van der Waals surface area contributed by atoms with Gasteiger partial charge in [-0.2, -0.15) is 5.26 Å². The fraction of sp³-hybridized carbons (Fsp3) is 0.500. The number of benzene rings is 1. The molecule has 0 heterocycles. The molecule has 2 rings (SSSR count). The van der Waals surface area contributed by atoms with Crippen LogP contribution in [0.15, 0.2) is 24.3 Å². The third-order valence-corrected chi connectivity index (χ3v) is 3.99. The van der Waals surface area contributed by atoms with Crippen molar-refractivity contribution in [2.75, 3.05) is 7.05 Å². The van der Waals surface area contributed by atoms with Crippen molar-refractivity contribution < 1.29 is 9.18 Å². The zero-order valence-electron chi connectivity index (χ0n) is 11.7. The van der Waals surface area contributed by atoms with E-state index in [1.807, 2.05) is 0 Å². The Morgan fingerprint density at radius 2 is 2.10 bits per heavy atom. The summed E-state index contributed by atoms with van der Waals surface area (Å²) in [5.74, 6) is -0.444. The minimum atomic E-state index is -0.875. The van der Waals surface area contributed by atoms with Crippen LogP contribution in [0.5, 0.6) is 0 Å². The van der Waals surface area contributed by atoms with E-state index < -0.39 is 5.41 Å². The maximum Gasteiger partial charge on any atom is 0.243 e. The van der Waals surface area contributed by atoms with Gasteiger partial charge >= 0.3 is 0 Å². The van der Waals surface area contributed by atoms with Crippen LogP contribution in [0.3, 0.4) is 0 Å². The van der Waals surface area contributed by atoms with Gasteiger partial charge in [0.1, 0.15) is 11.2 Å². The summed E-state index contributed by atoms with van der Waals surface area (Å²) in [5.41, 5.74) is -0.134. The molecule has 0 radical (unpaired) electrons. The Hall–Kier alpha value is -1.89. The Kier molecular flexibility index (Phi) is 4.39. The Bertz CT molecular complexity index is 530. The molecular weight excluding hydrogens is 255 g/mol. The summed E-state index contributed by atoms with van der Waals surface area (Å²) in [4.78, 5) is 14.1. The van der Waals surface area contributed by atoms with Gasteiger partial charge in [-0.05, 0) is 30.5 Å². The molecular formula is C16H19FN2O. The summed E-state index contributed by atoms with van der Waals surface area (Å²) in [6, 6.07) is 8.44. The maximum absolute atomic E-state index is 13.2. The molecule has 1 aromatic rings. The largest absolute Gasteiger partial charge is 0.340 e. The molecule has 0 N–H and O–H groups in total. The van der Waals surface area contributed by atoms with Crippen molar-refractivity contribution in [3.8, 4) is 6.07 Å². The standard InChI is InChI=1S/C16H19FN2O/c1-19(11-13-6-5-7-14(17)10-13)15(20)16(12-18)8-3-2-4-9-16/h5-7,10H,2-4,8-9,11H2,1H3. The molecule has 0 unspecified atom stereocenters. The topological polar surface area (TPSA) is 44.1 Å². The molecule has 0 spiro atoms. The molecule has 1 amide bonds. The molecule has 1 fully saturated rings. The summed E-state index contributed by atoms with van der Waals surface area (Å²) in [6.45, 7) is 0.333. The second-order valence-electron chi connectivity index (χ2n) is 5.55. The first kappa shape index (κ1) is 14.5. The lowest BCUT2D eigenvalue weighted by Crippen LogP contribution is -2.42. The molecule has 0 saturated heterocycles. The summed E-state index contributed by atoms with van der Waals surface area (Å²) >= 11 is 0. The first-order valence-electron chi connectivity index (χ1n) is 6.99.